The Morgan fingerprint density at radius 3 is 1.96 bits per heavy atom. The fraction of sp³-hybridized carbons (Fsp3) is 0.425. The maximum Gasteiger partial charge on any atom is 0.407 e. The molecule has 2 aromatic carbocycles. The monoisotopic (exact) mass is 706 g/mol. The highest BCUT2D eigenvalue weighted by Gasteiger charge is 2.37. The maximum atomic E-state index is 13.5. The molecule has 1 fully saturated rings. The molecule has 5 rings (SSSR count). The molecule has 12 heteroatoms. The minimum atomic E-state index is -0.680. The molecule has 0 unspecified atom stereocenters. The van der Waals surface area contributed by atoms with Gasteiger partial charge in [0.05, 0.1) is 49.0 Å². The van der Waals surface area contributed by atoms with Crippen LogP contribution in [0.2, 0.25) is 0 Å². The third-order valence-electron chi connectivity index (χ3n) is 9.40. The largest absolute Gasteiger partial charge is 0.453 e. The smallest absolute Gasteiger partial charge is 0.407 e. The third kappa shape index (κ3) is 8.90. The number of nitrogens with zero attached hydrogens (tertiary/aromatic N) is 4. The molecule has 4 aromatic rings. The van der Waals surface area contributed by atoms with Gasteiger partial charge in [-0.3, -0.25) is 14.5 Å². The summed E-state index contributed by atoms with van der Waals surface area (Å²) in [7, 11) is 5.12. The fourth-order valence-corrected chi connectivity index (χ4v) is 6.66. The summed E-state index contributed by atoms with van der Waals surface area (Å²) < 4.78 is 4.74. The average Bonchev–Trinajstić information content (AvgIpc) is 3.91. The second-order valence-electron chi connectivity index (χ2n) is 14.2. The zero-order chi connectivity index (χ0) is 37.5. The number of likely N-dealkylation sites (tertiary alicyclic amines) is 1. The van der Waals surface area contributed by atoms with Crippen LogP contribution in [0.1, 0.15) is 82.3 Å². The molecule has 3 heterocycles. The Morgan fingerprint density at radius 1 is 0.846 bits per heavy atom. The number of carbonyl (C=O) groups is 3. The number of likely N-dealkylation sites (N-methyl/N-ethyl adjacent to an activating group) is 1. The SMILES string of the molecule is COC(=O)N[C@H](C(=O)N1CCC[C@H]1c1ncc(-c2ccc(C#Cc3ccc(-c4cnc([C@H](C)NC(=O)[C@@H](C(C)C)N(C)C)[nH]4)cc3)cc2)[nH]1)C(C)C. The van der Waals surface area contributed by atoms with Gasteiger partial charge in [0.1, 0.15) is 17.7 Å². The van der Waals surface area contributed by atoms with E-state index in [1.165, 1.54) is 7.11 Å². The van der Waals surface area contributed by atoms with Crippen molar-refractivity contribution in [1.29, 1.82) is 0 Å². The van der Waals surface area contributed by atoms with E-state index in [0.29, 0.717) is 12.4 Å². The Balaban J connectivity index is 1.20. The lowest BCUT2D eigenvalue weighted by molar-refractivity contribution is -0.135. The molecule has 3 amide bonds. The van der Waals surface area contributed by atoms with Crippen LogP contribution in [0.15, 0.2) is 60.9 Å². The molecular formula is C40H50N8O4. The van der Waals surface area contributed by atoms with Crippen molar-refractivity contribution in [3.05, 3.63) is 83.7 Å². The number of methoxy groups -OCH3 is 1. The normalized spacial score (nSPS) is 16.0. The average molecular weight is 707 g/mol. The molecule has 0 bridgehead atoms. The summed E-state index contributed by atoms with van der Waals surface area (Å²) in [4.78, 5) is 57.9. The van der Waals surface area contributed by atoms with Crippen LogP contribution in [-0.4, -0.2) is 87.5 Å². The van der Waals surface area contributed by atoms with Crippen molar-refractivity contribution < 1.29 is 19.1 Å². The highest BCUT2D eigenvalue weighted by atomic mass is 16.5. The Hall–Kier alpha value is -5.41. The summed E-state index contributed by atoms with van der Waals surface area (Å²) in [6.45, 7) is 10.4. The van der Waals surface area contributed by atoms with Crippen molar-refractivity contribution in [2.24, 2.45) is 11.8 Å². The van der Waals surface area contributed by atoms with E-state index in [0.717, 1.165) is 52.3 Å². The van der Waals surface area contributed by atoms with Crippen LogP contribution in [-0.2, 0) is 14.3 Å². The van der Waals surface area contributed by atoms with Crippen LogP contribution < -0.4 is 10.6 Å². The van der Waals surface area contributed by atoms with Gasteiger partial charge >= 0.3 is 6.09 Å². The highest BCUT2D eigenvalue weighted by Crippen LogP contribution is 2.33. The number of hydrogen-bond acceptors (Lipinski definition) is 7. The van der Waals surface area contributed by atoms with Gasteiger partial charge in [0.2, 0.25) is 11.8 Å². The summed E-state index contributed by atoms with van der Waals surface area (Å²) >= 11 is 0. The van der Waals surface area contributed by atoms with Gasteiger partial charge in [0.15, 0.2) is 0 Å². The number of carbonyl (C=O) groups excluding carboxylic acids is 3. The highest BCUT2D eigenvalue weighted by molar-refractivity contribution is 5.86. The fourth-order valence-electron chi connectivity index (χ4n) is 6.66. The Bertz CT molecular complexity index is 1890. The number of rotatable bonds is 11. The second-order valence-corrected chi connectivity index (χ2v) is 14.2. The van der Waals surface area contributed by atoms with Crippen LogP contribution in [0.25, 0.3) is 22.5 Å². The minimum absolute atomic E-state index is 0.0210. The number of aromatic nitrogens is 4. The Labute approximate surface area is 306 Å². The van der Waals surface area contributed by atoms with Crippen LogP contribution in [0.4, 0.5) is 4.79 Å². The number of aromatic amines is 2. The van der Waals surface area contributed by atoms with Crippen LogP contribution in [0.3, 0.4) is 0 Å². The topological polar surface area (TPSA) is 148 Å². The van der Waals surface area contributed by atoms with E-state index < -0.39 is 12.1 Å². The zero-order valence-electron chi connectivity index (χ0n) is 31.3. The zero-order valence-corrected chi connectivity index (χ0v) is 31.3. The molecule has 4 atom stereocenters. The van der Waals surface area contributed by atoms with Gasteiger partial charge in [-0.1, -0.05) is 63.8 Å². The summed E-state index contributed by atoms with van der Waals surface area (Å²) in [5.74, 6) is 7.84. The molecule has 4 N–H and O–H groups in total. The second kappa shape index (κ2) is 16.7. The molecule has 0 saturated carbocycles. The summed E-state index contributed by atoms with van der Waals surface area (Å²) in [6.07, 6.45) is 4.59. The molecule has 0 radical (unpaired) electrons. The van der Waals surface area contributed by atoms with Gasteiger partial charge in [-0.05, 0) is 81.1 Å². The van der Waals surface area contributed by atoms with Crippen molar-refractivity contribution in [3.63, 3.8) is 0 Å². The third-order valence-corrected chi connectivity index (χ3v) is 9.40. The molecule has 0 spiro atoms. The van der Waals surface area contributed by atoms with Gasteiger partial charge in [-0.15, -0.1) is 0 Å². The van der Waals surface area contributed by atoms with E-state index in [1.54, 1.807) is 17.3 Å². The van der Waals surface area contributed by atoms with Gasteiger partial charge in [-0.25, -0.2) is 14.8 Å². The molecule has 12 nitrogen and oxygen atoms in total. The lowest BCUT2D eigenvalue weighted by atomic mass is 10.0. The lowest BCUT2D eigenvalue weighted by Crippen LogP contribution is -2.51. The van der Waals surface area contributed by atoms with Gasteiger partial charge in [-0.2, -0.15) is 0 Å². The quantitative estimate of drug-likeness (QED) is 0.147. The van der Waals surface area contributed by atoms with Crippen molar-refractivity contribution in [2.75, 3.05) is 27.7 Å². The van der Waals surface area contributed by atoms with E-state index >= 15 is 0 Å². The maximum absolute atomic E-state index is 13.5. The molecular weight excluding hydrogens is 656 g/mol. The first-order valence-electron chi connectivity index (χ1n) is 17.8. The molecule has 274 valence electrons. The number of H-pyrrole nitrogens is 2. The predicted octanol–water partition coefficient (Wildman–Crippen LogP) is 5.67. The Kier molecular flexibility index (Phi) is 12.2. The number of amides is 3. The van der Waals surface area contributed by atoms with Crippen molar-refractivity contribution in [3.8, 4) is 34.4 Å². The van der Waals surface area contributed by atoms with E-state index in [-0.39, 0.29) is 41.8 Å². The first-order chi connectivity index (χ1) is 24.9. The van der Waals surface area contributed by atoms with E-state index in [4.69, 9.17) is 4.74 Å². The number of imidazole rings is 2. The first-order valence-corrected chi connectivity index (χ1v) is 17.8. The number of nitrogens with one attached hydrogen (secondary N) is 4. The van der Waals surface area contributed by atoms with E-state index in [1.807, 2.05) is 102 Å². The van der Waals surface area contributed by atoms with Crippen LogP contribution in [0, 0.1) is 23.7 Å². The standard InChI is InChI=1S/C40H50N8O4/c1-24(2)34(46-40(51)52-8)39(50)48-21-9-10-33(48)37-42-23-32(45-37)30-19-15-28(16-20-30)12-11-27-13-17-29(18-14-27)31-22-41-36(44-31)26(5)43-38(49)35(25(3)4)47(6)7/h13-20,22-26,33-35H,9-10,21H2,1-8H3,(H,41,44)(H,42,45)(H,43,49)(H,46,51)/t26-,33-,34-,35+/m0/s1. The van der Waals surface area contributed by atoms with E-state index in [2.05, 4.69) is 42.4 Å². The molecule has 1 aliphatic rings. The summed E-state index contributed by atoms with van der Waals surface area (Å²) in [5, 5.41) is 5.77. The molecule has 52 heavy (non-hydrogen) atoms. The van der Waals surface area contributed by atoms with Crippen molar-refractivity contribution in [2.45, 2.75) is 71.6 Å². The number of hydrogen-bond donors (Lipinski definition) is 4. The Morgan fingerprint density at radius 2 is 1.42 bits per heavy atom. The van der Waals surface area contributed by atoms with Gasteiger partial charge < -0.3 is 30.2 Å². The predicted molar refractivity (Wildman–Crippen MR) is 201 cm³/mol. The first kappa shape index (κ1) is 37.8. The summed E-state index contributed by atoms with van der Waals surface area (Å²) in [6, 6.07) is 14.5. The van der Waals surface area contributed by atoms with Crippen molar-refractivity contribution in [1.82, 2.24) is 40.4 Å². The molecule has 1 aliphatic heterocycles. The minimum Gasteiger partial charge on any atom is -0.453 e. The number of benzene rings is 2. The lowest BCUT2D eigenvalue weighted by Gasteiger charge is -2.30. The van der Waals surface area contributed by atoms with Crippen molar-refractivity contribution >= 4 is 17.9 Å². The molecule has 2 aromatic heterocycles. The summed E-state index contributed by atoms with van der Waals surface area (Å²) in [5.41, 5.74) is 5.41. The van der Waals surface area contributed by atoms with Crippen LogP contribution in [0.5, 0.6) is 0 Å². The van der Waals surface area contributed by atoms with Gasteiger partial charge in [0, 0.05) is 17.7 Å². The molecule has 0 aliphatic carbocycles. The number of alkyl carbamates (subject to hydrolysis) is 1. The van der Waals surface area contributed by atoms with E-state index in [9.17, 15) is 14.4 Å². The number of ether oxygens (including phenoxy) is 1. The van der Waals surface area contributed by atoms with Gasteiger partial charge in [0.25, 0.3) is 0 Å². The molecule has 1 saturated heterocycles. The van der Waals surface area contributed by atoms with Crippen LogP contribution >= 0.6 is 0 Å².